The second-order valence-corrected chi connectivity index (χ2v) is 7.98. The fourth-order valence-corrected chi connectivity index (χ4v) is 4.14. The highest BCUT2D eigenvalue weighted by Crippen LogP contribution is 2.33. The van der Waals surface area contributed by atoms with Crippen molar-refractivity contribution in [3.8, 4) is 11.5 Å². The third-order valence-electron chi connectivity index (χ3n) is 4.80. The van der Waals surface area contributed by atoms with Gasteiger partial charge in [-0.3, -0.25) is 4.79 Å². The van der Waals surface area contributed by atoms with E-state index >= 15 is 0 Å². The number of piperidine rings is 1. The lowest BCUT2D eigenvalue weighted by molar-refractivity contribution is -0.113. The summed E-state index contributed by atoms with van der Waals surface area (Å²) in [5, 5.41) is 0.842. The SMILES string of the molecule is CC1CCN(C2=NC(=O)/C(=C/c3cccc(Oc4ccccc4)c3)S2)CC1. The molecule has 0 N–H and O–H groups in total. The van der Waals surface area contributed by atoms with Crippen molar-refractivity contribution in [3.63, 3.8) is 0 Å². The van der Waals surface area contributed by atoms with Crippen molar-refractivity contribution in [3.05, 3.63) is 65.1 Å². The maximum atomic E-state index is 12.3. The minimum atomic E-state index is -0.150. The van der Waals surface area contributed by atoms with Crippen molar-refractivity contribution in [2.45, 2.75) is 19.8 Å². The Balaban J connectivity index is 1.46. The van der Waals surface area contributed by atoms with Crippen LogP contribution in [-0.4, -0.2) is 29.1 Å². The Kier molecular flexibility index (Phi) is 5.30. The molecule has 0 aromatic heterocycles. The highest BCUT2D eigenvalue weighted by Gasteiger charge is 2.28. The number of hydrogen-bond donors (Lipinski definition) is 0. The van der Waals surface area contributed by atoms with Gasteiger partial charge in [0.1, 0.15) is 11.5 Å². The second kappa shape index (κ2) is 8.01. The molecule has 2 aliphatic rings. The van der Waals surface area contributed by atoms with Crippen LogP contribution in [0.15, 0.2) is 64.5 Å². The minimum Gasteiger partial charge on any atom is -0.457 e. The van der Waals surface area contributed by atoms with E-state index in [1.165, 1.54) is 11.8 Å². The van der Waals surface area contributed by atoms with Gasteiger partial charge in [-0.2, -0.15) is 4.99 Å². The molecule has 2 heterocycles. The van der Waals surface area contributed by atoms with Gasteiger partial charge in [-0.15, -0.1) is 0 Å². The van der Waals surface area contributed by atoms with Gasteiger partial charge in [0.05, 0.1) is 4.91 Å². The Morgan fingerprint density at radius 3 is 2.59 bits per heavy atom. The van der Waals surface area contributed by atoms with Crippen LogP contribution in [-0.2, 0) is 4.79 Å². The number of rotatable bonds is 3. The largest absolute Gasteiger partial charge is 0.457 e. The zero-order valence-corrected chi connectivity index (χ0v) is 16.1. The summed E-state index contributed by atoms with van der Waals surface area (Å²) in [6.07, 6.45) is 4.21. The third-order valence-corrected chi connectivity index (χ3v) is 5.84. The lowest BCUT2D eigenvalue weighted by Crippen LogP contribution is -2.35. The van der Waals surface area contributed by atoms with Gasteiger partial charge in [0, 0.05) is 13.1 Å². The molecule has 0 atom stereocenters. The summed E-state index contributed by atoms with van der Waals surface area (Å²) in [6, 6.07) is 17.4. The standard InChI is InChI=1S/C22H22N2O2S/c1-16-10-12-24(13-11-16)22-23-21(25)20(27-22)15-17-6-5-9-19(14-17)26-18-7-3-2-4-8-18/h2-9,14-16H,10-13H2,1H3/b20-15-. The highest BCUT2D eigenvalue weighted by molar-refractivity contribution is 8.18. The van der Waals surface area contributed by atoms with E-state index in [1.807, 2.05) is 60.7 Å². The number of amidine groups is 1. The fourth-order valence-electron chi connectivity index (χ4n) is 3.18. The topological polar surface area (TPSA) is 41.9 Å². The van der Waals surface area contributed by atoms with E-state index in [4.69, 9.17) is 4.74 Å². The number of nitrogens with zero attached hydrogens (tertiary/aromatic N) is 2. The summed E-state index contributed by atoms with van der Waals surface area (Å²) in [5.41, 5.74) is 0.933. The smallest absolute Gasteiger partial charge is 0.286 e. The number of para-hydroxylation sites is 1. The molecule has 27 heavy (non-hydrogen) atoms. The van der Waals surface area contributed by atoms with Crippen molar-refractivity contribution in [1.82, 2.24) is 4.90 Å². The van der Waals surface area contributed by atoms with Crippen LogP contribution in [0.4, 0.5) is 0 Å². The number of thioether (sulfide) groups is 1. The van der Waals surface area contributed by atoms with Crippen molar-refractivity contribution in [2.75, 3.05) is 13.1 Å². The van der Waals surface area contributed by atoms with E-state index in [9.17, 15) is 4.79 Å². The van der Waals surface area contributed by atoms with E-state index in [0.717, 1.165) is 54.1 Å². The predicted octanol–water partition coefficient (Wildman–Crippen LogP) is 5.18. The van der Waals surface area contributed by atoms with Crippen molar-refractivity contribution < 1.29 is 9.53 Å². The quantitative estimate of drug-likeness (QED) is 0.690. The lowest BCUT2D eigenvalue weighted by Gasteiger charge is -2.30. The maximum Gasteiger partial charge on any atom is 0.286 e. The van der Waals surface area contributed by atoms with Gasteiger partial charge in [0.2, 0.25) is 0 Å². The van der Waals surface area contributed by atoms with Crippen LogP contribution in [0.3, 0.4) is 0 Å². The molecule has 2 aromatic rings. The Morgan fingerprint density at radius 2 is 1.81 bits per heavy atom. The average Bonchev–Trinajstić information content (AvgIpc) is 3.04. The van der Waals surface area contributed by atoms with Crippen molar-refractivity contribution in [1.29, 1.82) is 0 Å². The molecule has 0 spiro atoms. The summed E-state index contributed by atoms with van der Waals surface area (Å²) in [6.45, 7) is 4.24. The maximum absolute atomic E-state index is 12.3. The predicted molar refractivity (Wildman–Crippen MR) is 111 cm³/mol. The Morgan fingerprint density at radius 1 is 1.07 bits per heavy atom. The van der Waals surface area contributed by atoms with Crippen LogP contribution < -0.4 is 4.74 Å². The molecule has 1 fully saturated rings. The molecular formula is C22H22N2O2S. The average molecular weight is 378 g/mol. The van der Waals surface area contributed by atoms with Crippen LogP contribution in [0.25, 0.3) is 6.08 Å². The molecule has 2 aliphatic heterocycles. The Labute approximate surface area is 163 Å². The van der Waals surface area contributed by atoms with Gasteiger partial charge >= 0.3 is 0 Å². The van der Waals surface area contributed by atoms with Crippen molar-refractivity contribution >= 4 is 28.9 Å². The third kappa shape index (κ3) is 4.42. The number of likely N-dealkylation sites (tertiary alicyclic amines) is 1. The zero-order valence-electron chi connectivity index (χ0n) is 15.3. The summed E-state index contributed by atoms with van der Waals surface area (Å²) in [4.78, 5) is 19.5. The number of benzene rings is 2. The number of aliphatic imine (C=N–C) groups is 1. The van der Waals surface area contributed by atoms with E-state index in [2.05, 4.69) is 16.8 Å². The molecule has 5 heteroatoms. The number of carbonyl (C=O) groups is 1. The molecule has 1 amide bonds. The van der Waals surface area contributed by atoms with Crippen LogP contribution in [0, 0.1) is 5.92 Å². The number of amides is 1. The fraction of sp³-hybridized carbons (Fsp3) is 0.273. The number of hydrogen-bond acceptors (Lipinski definition) is 4. The molecule has 138 valence electrons. The molecule has 0 radical (unpaired) electrons. The van der Waals surface area contributed by atoms with E-state index in [-0.39, 0.29) is 5.91 Å². The first-order valence-corrected chi connectivity index (χ1v) is 10.1. The molecule has 4 nitrogen and oxygen atoms in total. The van der Waals surface area contributed by atoms with Gasteiger partial charge in [-0.1, -0.05) is 37.3 Å². The summed E-state index contributed by atoms with van der Waals surface area (Å²) in [5.74, 6) is 2.14. The molecule has 1 saturated heterocycles. The van der Waals surface area contributed by atoms with Crippen LogP contribution in [0.5, 0.6) is 11.5 Å². The van der Waals surface area contributed by atoms with Gasteiger partial charge in [-0.05, 0) is 66.4 Å². The number of ether oxygens (including phenoxy) is 1. The van der Waals surface area contributed by atoms with Gasteiger partial charge in [0.25, 0.3) is 5.91 Å². The summed E-state index contributed by atoms with van der Waals surface area (Å²) < 4.78 is 5.88. The Hall–Kier alpha value is -2.53. The van der Waals surface area contributed by atoms with Gasteiger partial charge < -0.3 is 9.64 Å². The highest BCUT2D eigenvalue weighted by atomic mass is 32.2. The van der Waals surface area contributed by atoms with E-state index in [0.29, 0.717) is 4.91 Å². The molecule has 0 aliphatic carbocycles. The van der Waals surface area contributed by atoms with Gasteiger partial charge in [-0.25, -0.2) is 0 Å². The monoisotopic (exact) mass is 378 g/mol. The second-order valence-electron chi connectivity index (χ2n) is 6.97. The minimum absolute atomic E-state index is 0.150. The van der Waals surface area contributed by atoms with Crippen LogP contribution in [0.1, 0.15) is 25.3 Å². The molecule has 2 aromatic carbocycles. The van der Waals surface area contributed by atoms with E-state index < -0.39 is 0 Å². The first-order chi connectivity index (χ1) is 13.2. The molecular weight excluding hydrogens is 356 g/mol. The lowest BCUT2D eigenvalue weighted by atomic mass is 10.00. The molecule has 0 unspecified atom stereocenters. The Bertz CT molecular complexity index is 884. The molecule has 4 rings (SSSR count). The normalized spacial score (nSPS) is 19.4. The summed E-state index contributed by atoms with van der Waals surface area (Å²) >= 11 is 1.48. The first-order valence-electron chi connectivity index (χ1n) is 9.28. The number of carbonyl (C=O) groups excluding carboxylic acids is 1. The van der Waals surface area contributed by atoms with Crippen LogP contribution in [0.2, 0.25) is 0 Å². The molecule has 0 bridgehead atoms. The van der Waals surface area contributed by atoms with E-state index in [1.54, 1.807) is 0 Å². The van der Waals surface area contributed by atoms with Gasteiger partial charge in [0.15, 0.2) is 5.17 Å². The summed E-state index contributed by atoms with van der Waals surface area (Å²) in [7, 11) is 0. The van der Waals surface area contributed by atoms with Crippen LogP contribution >= 0.6 is 11.8 Å². The zero-order chi connectivity index (χ0) is 18.6. The van der Waals surface area contributed by atoms with Crippen molar-refractivity contribution in [2.24, 2.45) is 10.9 Å². The molecule has 0 saturated carbocycles. The first kappa shape index (κ1) is 17.9.